The van der Waals surface area contributed by atoms with Crippen LogP contribution in [0.2, 0.25) is 5.02 Å². The molecule has 0 saturated carbocycles. The number of hydrogen-bond acceptors (Lipinski definition) is 3. The summed E-state index contributed by atoms with van der Waals surface area (Å²) in [7, 11) is 0. The van der Waals surface area contributed by atoms with Gasteiger partial charge in [-0.05, 0) is 36.8 Å². The van der Waals surface area contributed by atoms with E-state index in [1.165, 1.54) is 0 Å². The average molecular weight is 345 g/mol. The Kier molecular flexibility index (Phi) is 4.94. The van der Waals surface area contributed by atoms with Gasteiger partial charge in [0.25, 0.3) is 0 Å². The molecule has 1 heterocycles. The topological polar surface area (TPSA) is 42.0 Å². The van der Waals surface area contributed by atoms with Crippen LogP contribution in [0.1, 0.15) is 30.0 Å². The highest BCUT2D eigenvalue weighted by Gasteiger charge is 2.11. The van der Waals surface area contributed by atoms with E-state index in [0.29, 0.717) is 17.9 Å². The van der Waals surface area contributed by atoms with Crippen LogP contribution in [0, 0.1) is 0 Å². The van der Waals surface area contributed by atoms with Crippen LogP contribution in [0.15, 0.2) is 48.5 Å². The van der Waals surface area contributed by atoms with Crippen LogP contribution in [0.3, 0.4) is 0 Å². The second-order valence-electron chi connectivity index (χ2n) is 5.42. The molecule has 0 bridgehead atoms. The van der Waals surface area contributed by atoms with Crippen molar-refractivity contribution in [1.29, 1.82) is 0 Å². The summed E-state index contributed by atoms with van der Waals surface area (Å²) < 4.78 is 1.16. The van der Waals surface area contributed by atoms with Crippen LogP contribution in [0.4, 0.5) is 0 Å². The Labute approximate surface area is 144 Å². The number of carbonyl (C=O) groups excluding carboxylic acids is 1. The molecular weight excluding hydrogens is 328 g/mol. The summed E-state index contributed by atoms with van der Waals surface area (Å²) in [6.07, 6.45) is 1.10. The van der Waals surface area contributed by atoms with Gasteiger partial charge in [-0.1, -0.05) is 35.9 Å². The Bertz CT molecular complexity index is 798. The Hall–Kier alpha value is -1.91. The van der Waals surface area contributed by atoms with Gasteiger partial charge in [0.05, 0.1) is 21.3 Å². The van der Waals surface area contributed by atoms with Crippen LogP contribution in [0.25, 0.3) is 10.2 Å². The molecule has 0 aliphatic heterocycles. The number of amides is 1. The molecular formula is C18H17ClN2OS. The Balaban J connectivity index is 1.57. The summed E-state index contributed by atoms with van der Waals surface area (Å²) in [5, 5.41) is 4.68. The third kappa shape index (κ3) is 4.09. The lowest BCUT2D eigenvalue weighted by molar-refractivity contribution is -0.121. The van der Waals surface area contributed by atoms with Crippen LogP contribution < -0.4 is 5.32 Å². The van der Waals surface area contributed by atoms with Crippen LogP contribution in [-0.4, -0.2) is 10.9 Å². The van der Waals surface area contributed by atoms with Gasteiger partial charge >= 0.3 is 0 Å². The SMILES string of the molecule is C[C@@H](NC(=O)CCc1nc2ccccc2s1)c1cccc(Cl)c1. The number of benzene rings is 2. The monoisotopic (exact) mass is 344 g/mol. The minimum absolute atomic E-state index is 0.0248. The van der Waals surface area contributed by atoms with Crippen LogP contribution in [0.5, 0.6) is 0 Å². The summed E-state index contributed by atoms with van der Waals surface area (Å²) in [4.78, 5) is 16.7. The molecule has 0 radical (unpaired) electrons. The van der Waals surface area contributed by atoms with E-state index in [1.54, 1.807) is 11.3 Å². The van der Waals surface area contributed by atoms with E-state index in [9.17, 15) is 4.79 Å². The minimum Gasteiger partial charge on any atom is -0.350 e. The average Bonchev–Trinajstić information content (AvgIpc) is 2.96. The zero-order chi connectivity index (χ0) is 16.2. The molecule has 0 fully saturated rings. The molecule has 0 aliphatic rings. The number of halogens is 1. The molecule has 1 aromatic heterocycles. The molecule has 118 valence electrons. The summed E-state index contributed by atoms with van der Waals surface area (Å²) in [5.41, 5.74) is 2.01. The first-order chi connectivity index (χ1) is 11.1. The Morgan fingerprint density at radius 1 is 1.26 bits per heavy atom. The maximum Gasteiger partial charge on any atom is 0.220 e. The number of fused-ring (bicyclic) bond motifs is 1. The quantitative estimate of drug-likeness (QED) is 0.725. The maximum absolute atomic E-state index is 12.1. The first-order valence-corrected chi connectivity index (χ1v) is 8.70. The number of para-hydroxylation sites is 1. The second kappa shape index (κ2) is 7.11. The number of aryl methyl sites for hydroxylation is 1. The van der Waals surface area contributed by atoms with Gasteiger partial charge in [0.1, 0.15) is 0 Å². The van der Waals surface area contributed by atoms with E-state index in [-0.39, 0.29) is 11.9 Å². The summed E-state index contributed by atoms with van der Waals surface area (Å²) in [5.74, 6) is 0.0248. The van der Waals surface area contributed by atoms with Gasteiger partial charge in [-0.3, -0.25) is 4.79 Å². The number of nitrogens with zero attached hydrogens (tertiary/aromatic N) is 1. The molecule has 5 heteroatoms. The van der Waals surface area contributed by atoms with Crippen molar-refractivity contribution in [3.05, 3.63) is 64.1 Å². The summed E-state index contributed by atoms with van der Waals surface area (Å²) in [6, 6.07) is 15.5. The highest BCUT2D eigenvalue weighted by Crippen LogP contribution is 2.22. The van der Waals surface area contributed by atoms with Crippen molar-refractivity contribution in [2.24, 2.45) is 0 Å². The number of hydrogen-bond donors (Lipinski definition) is 1. The van der Waals surface area contributed by atoms with E-state index in [4.69, 9.17) is 11.6 Å². The molecule has 1 atom stereocenters. The molecule has 0 spiro atoms. The van der Waals surface area contributed by atoms with Crippen molar-refractivity contribution in [3.63, 3.8) is 0 Å². The lowest BCUT2D eigenvalue weighted by Crippen LogP contribution is -2.26. The van der Waals surface area contributed by atoms with Gasteiger partial charge in [0.2, 0.25) is 5.91 Å². The van der Waals surface area contributed by atoms with E-state index < -0.39 is 0 Å². The fourth-order valence-corrected chi connectivity index (χ4v) is 3.59. The Morgan fingerprint density at radius 2 is 2.09 bits per heavy atom. The van der Waals surface area contributed by atoms with E-state index >= 15 is 0 Å². The van der Waals surface area contributed by atoms with E-state index in [1.807, 2.05) is 49.4 Å². The standard InChI is InChI=1S/C18H17ClN2OS/c1-12(13-5-4-6-14(19)11-13)20-17(22)9-10-18-21-15-7-2-3-8-16(15)23-18/h2-8,11-12H,9-10H2,1H3,(H,20,22)/t12-/m1/s1. The smallest absolute Gasteiger partial charge is 0.220 e. The van der Waals surface area contributed by atoms with Crippen molar-refractivity contribution in [2.75, 3.05) is 0 Å². The number of nitrogens with one attached hydrogen (secondary N) is 1. The van der Waals surface area contributed by atoms with Crippen molar-refractivity contribution in [3.8, 4) is 0 Å². The lowest BCUT2D eigenvalue weighted by atomic mass is 10.1. The van der Waals surface area contributed by atoms with Gasteiger partial charge in [-0.25, -0.2) is 4.98 Å². The molecule has 0 unspecified atom stereocenters. The zero-order valence-corrected chi connectivity index (χ0v) is 14.3. The molecule has 0 saturated heterocycles. The number of thiazole rings is 1. The third-order valence-corrected chi connectivity index (χ3v) is 4.96. The zero-order valence-electron chi connectivity index (χ0n) is 12.8. The largest absolute Gasteiger partial charge is 0.350 e. The van der Waals surface area contributed by atoms with Crippen molar-refractivity contribution >= 4 is 39.1 Å². The molecule has 2 aromatic carbocycles. The molecule has 3 aromatic rings. The molecule has 23 heavy (non-hydrogen) atoms. The van der Waals surface area contributed by atoms with Gasteiger partial charge in [0, 0.05) is 17.9 Å². The summed E-state index contributed by atoms with van der Waals surface area (Å²) >= 11 is 7.63. The first kappa shape index (κ1) is 16.0. The lowest BCUT2D eigenvalue weighted by Gasteiger charge is -2.14. The highest BCUT2D eigenvalue weighted by molar-refractivity contribution is 7.18. The number of rotatable bonds is 5. The van der Waals surface area contributed by atoms with Crippen molar-refractivity contribution < 1.29 is 4.79 Å². The van der Waals surface area contributed by atoms with Crippen LogP contribution in [-0.2, 0) is 11.2 Å². The van der Waals surface area contributed by atoms with Gasteiger partial charge < -0.3 is 5.32 Å². The third-order valence-electron chi connectivity index (χ3n) is 3.63. The number of carbonyl (C=O) groups is 1. The van der Waals surface area contributed by atoms with E-state index in [0.717, 1.165) is 20.8 Å². The Morgan fingerprint density at radius 3 is 2.87 bits per heavy atom. The fourth-order valence-electron chi connectivity index (χ4n) is 2.42. The number of aromatic nitrogens is 1. The maximum atomic E-state index is 12.1. The fraction of sp³-hybridized carbons (Fsp3) is 0.222. The van der Waals surface area contributed by atoms with Gasteiger partial charge in [0.15, 0.2) is 0 Å². The van der Waals surface area contributed by atoms with Gasteiger partial charge in [-0.2, -0.15) is 0 Å². The highest BCUT2D eigenvalue weighted by atomic mass is 35.5. The van der Waals surface area contributed by atoms with Crippen LogP contribution >= 0.6 is 22.9 Å². The second-order valence-corrected chi connectivity index (χ2v) is 6.97. The van der Waals surface area contributed by atoms with Crippen molar-refractivity contribution in [2.45, 2.75) is 25.8 Å². The minimum atomic E-state index is -0.0587. The molecule has 0 aliphatic carbocycles. The van der Waals surface area contributed by atoms with E-state index in [2.05, 4.69) is 16.4 Å². The first-order valence-electron chi connectivity index (χ1n) is 7.51. The molecule has 1 amide bonds. The molecule has 1 N–H and O–H groups in total. The molecule has 3 nitrogen and oxygen atoms in total. The molecule has 3 rings (SSSR count). The summed E-state index contributed by atoms with van der Waals surface area (Å²) in [6.45, 7) is 1.96. The predicted molar refractivity (Wildman–Crippen MR) is 96.0 cm³/mol. The predicted octanol–water partition coefficient (Wildman–Crippen LogP) is 4.76. The van der Waals surface area contributed by atoms with Gasteiger partial charge in [-0.15, -0.1) is 11.3 Å². The normalized spacial score (nSPS) is 12.3. The van der Waals surface area contributed by atoms with Crippen molar-refractivity contribution in [1.82, 2.24) is 10.3 Å².